The van der Waals surface area contributed by atoms with Crippen LogP contribution in [-0.4, -0.2) is 53.7 Å². The highest BCUT2D eigenvalue weighted by Crippen LogP contribution is 2.29. The molecular weight excluding hydrogens is 344 g/mol. The molecule has 0 aliphatic carbocycles. The molecule has 1 unspecified atom stereocenters. The summed E-state index contributed by atoms with van der Waals surface area (Å²) in [4.78, 5) is 26.8. The van der Waals surface area contributed by atoms with Crippen molar-refractivity contribution in [3.8, 4) is 0 Å². The zero-order valence-corrected chi connectivity index (χ0v) is 15.5. The van der Waals surface area contributed by atoms with Crippen LogP contribution in [0.2, 0.25) is 0 Å². The van der Waals surface area contributed by atoms with Gasteiger partial charge in [-0.1, -0.05) is 12.1 Å². The van der Waals surface area contributed by atoms with E-state index in [4.69, 9.17) is 4.74 Å². The molecule has 2 aliphatic rings. The van der Waals surface area contributed by atoms with Gasteiger partial charge in [0.2, 0.25) is 0 Å². The van der Waals surface area contributed by atoms with Crippen molar-refractivity contribution in [2.24, 2.45) is 0 Å². The predicted octanol–water partition coefficient (Wildman–Crippen LogP) is 1.86. The first-order valence-corrected chi connectivity index (χ1v) is 9.41. The maximum absolute atomic E-state index is 13.1. The summed E-state index contributed by atoms with van der Waals surface area (Å²) in [7, 11) is 1.39. The molecule has 0 saturated carbocycles. The molecule has 1 aromatic carbocycles. The molecular formula is C20H24N4O3. The van der Waals surface area contributed by atoms with Crippen LogP contribution in [0.25, 0.3) is 0 Å². The van der Waals surface area contributed by atoms with Crippen LogP contribution in [-0.2, 0) is 17.7 Å². The van der Waals surface area contributed by atoms with E-state index < -0.39 is 0 Å². The lowest BCUT2D eigenvalue weighted by molar-refractivity contribution is 0.0599. The number of esters is 1. The average molecular weight is 368 g/mol. The maximum atomic E-state index is 13.1. The number of hydrogen-bond acceptors (Lipinski definition) is 5. The van der Waals surface area contributed by atoms with E-state index in [0.717, 1.165) is 55.7 Å². The number of benzene rings is 1. The molecule has 0 spiro atoms. The summed E-state index contributed by atoms with van der Waals surface area (Å²) in [6.07, 6.45) is 2.76. The fourth-order valence-corrected chi connectivity index (χ4v) is 4.04. The van der Waals surface area contributed by atoms with Crippen LogP contribution in [0.5, 0.6) is 0 Å². The number of rotatable bonds is 3. The number of carbonyl (C=O) groups excluding carboxylic acids is 2. The fraction of sp³-hybridized carbons (Fsp3) is 0.450. The third kappa shape index (κ3) is 3.47. The van der Waals surface area contributed by atoms with Gasteiger partial charge >= 0.3 is 5.97 Å². The topological polar surface area (TPSA) is 87.3 Å². The van der Waals surface area contributed by atoms with Crippen LogP contribution in [0.3, 0.4) is 0 Å². The molecule has 2 aromatic rings. The Bertz CT molecular complexity index is 861. The molecule has 2 N–H and O–H groups in total. The Morgan fingerprint density at radius 3 is 3.07 bits per heavy atom. The van der Waals surface area contributed by atoms with Gasteiger partial charge in [-0.3, -0.25) is 9.89 Å². The number of amides is 1. The lowest BCUT2D eigenvalue weighted by Crippen LogP contribution is -2.40. The van der Waals surface area contributed by atoms with Gasteiger partial charge in [0.05, 0.1) is 18.4 Å². The first kappa shape index (κ1) is 17.7. The average Bonchev–Trinajstić information content (AvgIpc) is 3.17. The van der Waals surface area contributed by atoms with E-state index in [2.05, 4.69) is 15.5 Å². The number of aromatic amines is 1. The standard InChI is InChI=1S/C20H24N4O3/c1-27-20(26)14-5-2-4-13(10-14)15-6-3-9-24(12-15)19(25)18-16-7-8-21-11-17(16)22-23-18/h2,4-5,10,15,21H,3,6-9,11-12H2,1H3,(H,22,23). The number of H-pyrrole nitrogens is 1. The third-order valence-corrected chi connectivity index (χ3v) is 5.50. The molecule has 1 atom stereocenters. The number of hydrogen-bond donors (Lipinski definition) is 2. The highest BCUT2D eigenvalue weighted by Gasteiger charge is 2.30. The Morgan fingerprint density at radius 1 is 1.33 bits per heavy atom. The van der Waals surface area contributed by atoms with E-state index >= 15 is 0 Å². The Hall–Kier alpha value is -2.67. The molecule has 1 fully saturated rings. The first-order chi connectivity index (χ1) is 13.2. The SMILES string of the molecule is COC(=O)c1cccc(C2CCCN(C(=O)c3n[nH]c4c3CCNC4)C2)c1. The van der Waals surface area contributed by atoms with Crippen molar-refractivity contribution in [3.63, 3.8) is 0 Å². The second-order valence-corrected chi connectivity index (χ2v) is 7.16. The zero-order valence-electron chi connectivity index (χ0n) is 15.5. The highest BCUT2D eigenvalue weighted by atomic mass is 16.5. The predicted molar refractivity (Wildman–Crippen MR) is 99.7 cm³/mol. The van der Waals surface area contributed by atoms with Gasteiger partial charge < -0.3 is 15.0 Å². The lowest BCUT2D eigenvalue weighted by atomic mass is 9.89. The van der Waals surface area contributed by atoms with Crippen LogP contribution < -0.4 is 5.32 Å². The van der Waals surface area contributed by atoms with E-state index in [-0.39, 0.29) is 17.8 Å². The van der Waals surface area contributed by atoms with Crippen LogP contribution >= 0.6 is 0 Å². The number of nitrogens with zero attached hydrogens (tertiary/aromatic N) is 2. The summed E-state index contributed by atoms with van der Waals surface area (Å²) in [6.45, 7) is 2.99. The molecule has 4 rings (SSSR count). The number of methoxy groups -OCH3 is 1. The maximum Gasteiger partial charge on any atom is 0.337 e. The fourth-order valence-electron chi connectivity index (χ4n) is 4.04. The van der Waals surface area contributed by atoms with Crippen molar-refractivity contribution in [3.05, 3.63) is 52.3 Å². The highest BCUT2D eigenvalue weighted by molar-refractivity contribution is 5.94. The van der Waals surface area contributed by atoms with Crippen molar-refractivity contribution in [2.75, 3.05) is 26.7 Å². The summed E-state index contributed by atoms with van der Waals surface area (Å²) < 4.78 is 4.82. The monoisotopic (exact) mass is 368 g/mol. The Morgan fingerprint density at radius 2 is 2.22 bits per heavy atom. The Labute approximate surface area is 158 Å². The van der Waals surface area contributed by atoms with Gasteiger partial charge in [0.1, 0.15) is 0 Å². The second kappa shape index (κ2) is 7.52. The largest absolute Gasteiger partial charge is 0.465 e. The number of carbonyl (C=O) groups is 2. The summed E-state index contributed by atoms with van der Waals surface area (Å²) >= 11 is 0. The smallest absolute Gasteiger partial charge is 0.337 e. The molecule has 1 saturated heterocycles. The van der Waals surface area contributed by atoms with Crippen LogP contribution in [0.1, 0.15) is 56.4 Å². The van der Waals surface area contributed by atoms with Crippen molar-refractivity contribution in [1.29, 1.82) is 0 Å². The van der Waals surface area contributed by atoms with Gasteiger partial charge in [-0.2, -0.15) is 5.10 Å². The number of aromatic nitrogens is 2. The minimum atomic E-state index is -0.336. The van der Waals surface area contributed by atoms with Gasteiger partial charge in [0.15, 0.2) is 5.69 Å². The van der Waals surface area contributed by atoms with E-state index in [1.54, 1.807) is 6.07 Å². The van der Waals surface area contributed by atoms with Gasteiger partial charge in [-0.05, 0) is 43.5 Å². The minimum Gasteiger partial charge on any atom is -0.465 e. The molecule has 7 nitrogen and oxygen atoms in total. The van der Waals surface area contributed by atoms with Crippen molar-refractivity contribution in [1.82, 2.24) is 20.4 Å². The molecule has 0 bridgehead atoms. The Kier molecular flexibility index (Phi) is 4.94. The minimum absolute atomic E-state index is 0.00298. The normalized spacial score (nSPS) is 19.4. The zero-order chi connectivity index (χ0) is 18.8. The van der Waals surface area contributed by atoms with Crippen molar-refractivity contribution < 1.29 is 14.3 Å². The third-order valence-electron chi connectivity index (χ3n) is 5.50. The second-order valence-electron chi connectivity index (χ2n) is 7.16. The Balaban J connectivity index is 1.52. The molecule has 1 amide bonds. The van der Waals surface area contributed by atoms with E-state index in [1.165, 1.54) is 7.11 Å². The van der Waals surface area contributed by atoms with E-state index in [0.29, 0.717) is 17.8 Å². The molecule has 3 heterocycles. The van der Waals surface area contributed by atoms with Crippen LogP contribution in [0, 0.1) is 0 Å². The number of fused-ring (bicyclic) bond motifs is 1. The van der Waals surface area contributed by atoms with Crippen LogP contribution in [0.15, 0.2) is 24.3 Å². The van der Waals surface area contributed by atoms with Gasteiger partial charge in [-0.25, -0.2) is 4.79 Å². The molecule has 0 radical (unpaired) electrons. The number of ether oxygens (including phenoxy) is 1. The van der Waals surface area contributed by atoms with Gasteiger partial charge in [0, 0.05) is 31.1 Å². The number of likely N-dealkylation sites (tertiary alicyclic amines) is 1. The van der Waals surface area contributed by atoms with E-state index in [1.807, 2.05) is 23.1 Å². The van der Waals surface area contributed by atoms with E-state index in [9.17, 15) is 9.59 Å². The van der Waals surface area contributed by atoms with Gasteiger partial charge in [-0.15, -0.1) is 0 Å². The summed E-state index contributed by atoms with van der Waals surface area (Å²) in [5.74, 6) is -0.121. The summed E-state index contributed by atoms with van der Waals surface area (Å²) in [5, 5.41) is 10.6. The van der Waals surface area contributed by atoms with Crippen molar-refractivity contribution in [2.45, 2.75) is 31.7 Å². The molecule has 1 aromatic heterocycles. The summed E-state index contributed by atoms with van der Waals surface area (Å²) in [6, 6.07) is 7.53. The molecule has 2 aliphatic heterocycles. The van der Waals surface area contributed by atoms with Gasteiger partial charge in [0.25, 0.3) is 5.91 Å². The lowest BCUT2D eigenvalue weighted by Gasteiger charge is -2.33. The van der Waals surface area contributed by atoms with Crippen LogP contribution in [0.4, 0.5) is 0 Å². The molecule has 27 heavy (non-hydrogen) atoms. The summed E-state index contributed by atoms with van der Waals surface area (Å²) in [5.41, 5.74) is 4.25. The number of nitrogens with one attached hydrogen (secondary N) is 2. The first-order valence-electron chi connectivity index (χ1n) is 9.41. The molecule has 7 heteroatoms. The molecule has 142 valence electrons. The number of piperidine rings is 1. The quantitative estimate of drug-likeness (QED) is 0.808. The van der Waals surface area contributed by atoms with Crippen molar-refractivity contribution >= 4 is 11.9 Å².